The van der Waals surface area contributed by atoms with Crippen molar-refractivity contribution in [2.24, 2.45) is 0 Å². The number of anilines is 1. The Morgan fingerprint density at radius 1 is 0.931 bits per heavy atom. The minimum Gasteiger partial charge on any atom is -0.497 e. The molecule has 0 aliphatic carbocycles. The van der Waals surface area contributed by atoms with Gasteiger partial charge in [-0.05, 0) is 36.2 Å². The largest absolute Gasteiger partial charge is 0.497 e. The molecule has 2 aromatic carbocycles. The van der Waals surface area contributed by atoms with Crippen LogP contribution in [0.1, 0.15) is 18.0 Å². The van der Waals surface area contributed by atoms with E-state index >= 15 is 0 Å². The number of benzene rings is 2. The average Bonchev–Trinajstić information content (AvgIpc) is 3.29. The zero-order valence-corrected chi connectivity index (χ0v) is 16.9. The van der Waals surface area contributed by atoms with Gasteiger partial charge in [0.1, 0.15) is 17.5 Å². The van der Waals surface area contributed by atoms with Gasteiger partial charge in [0.15, 0.2) is 0 Å². The van der Waals surface area contributed by atoms with Gasteiger partial charge in [-0.3, -0.25) is 4.79 Å². The summed E-state index contributed by atoms with van der Waals surface area (Å²) in [7, 11) is 3.34. The molecule has 2 aromatic rings. The van der Waals surface area contributed by atoms with Gasteiger partial charge in [-0.25, -0.2) is 10.9 Å². The lowest BCUT2D eigenvalue weighted by molar-refractivity contribution is -0.133. The molecule has 1 amide bonds. The second kappa shape index (κ2) is 8.71. The number of carbonyl (C=O) groups is 1. The highest BCUT2D eigenvalue weighted by Crippen LogP contribution is 2.27. The molecule has 2 heterocycles. The van der Waals surface area contributed by atoms with Gasteiger partial charge >= 0.3 is 0 Å². The van der Waals surface area contributed by atoms with Crippen molar-refractivity contribution >= 4 is 11.6 Å². The van der Waals surface area contributed by atoms with Crippen LogP contribution in [0.2, 0.25) is 0 Å². The fraction of sp³-hybridized carbons (Fsp3) is 0.409. The van der Waals surface area contributed by atoms with Crippen molar-refractivity contribution in [1.82, 2.24) is 15.8 Å². The molecule has 0 radical (unpaired) electrons. The van der Waals surface area contributed by atoms with Crippen molar-refractivity contribution < 1.29 is 14.3 Å². The predicted molar refractivity (Wildman–Crippen MR) is 112 cm³/mol. The second-order valence-electron chi connectivity index (χ2n) is 7.42. The maximum atomic E-state index is 13.0. The zero-order chi connectivity index (χ0) is 20.2. The normalized spacial score (nSPS) is 21.9. The van der Waals surface area contributed by atoms with Crippen LogP contribution in [0.3, 0.4) is 0 Å². The Balaban J connectivity index is 1.33. The highest BCUT2D eigenvalue weighted by molar-refractivity contribution is 5.82. The lowest BCUT2D eigenvalue weighted by Gasteiger charge is -2.37. The Labute approximate surface area is 171 Å². The van der Waals surface area contributed by atoms with Crippen molar-refractivity contribution in [3.05, 3.63) is 54.1 Å². The lowest BCUT2D eigenvalue weighted by Crippen LogP contribution is -2.53. The van der Waals surface area contributed by atoms with Gasteiger partial charge in [0.25, 0.3) is 0 Å². The molecule has 2 unspecified atom stereocenters. The van der Waals surface area contributed by atoms with E-state index < -0.39 is 0 Å². The second-order valence-corrected chi connectivity index (χ2v) is 7.42. The summed E-state index contributed by atoms with van der Waals surface area (Å²) in [5.41, 5.74) is 8.70. The standard InChI is InChI=1S/C22H28N4O3/c1-28-18-7-3-5-16(13-18)20-15-21(24-23-20)22(27)26-11-9-25(10-12-26)17-6-4-8-19(14-17)29-2/h3-8,13-14,20-21,23-24H,9-12,15H2,1-2H3. The number of amides is 1. The van der Waals surface area contributed by atoms with Crippen molar-refractivity contribution in [3.63, 3.8) is 0 Å². The Morgan fingerprint density at radius 2 is 1.62 bits per heavy atom. The van der Waals surface area contributed by atoms with Gasteiger partial charge in [0, 0.05) is 44.0 Å². The predicted octanol–water partition coefficient (Wildman–Crippen LogP) is 1.96. The molecule has 0 aromatic heterocycles. The molecule has 2 atom stereocenters. The number of carbonyl (C=O) groups excluding carboxylic acids is 1. The molecule has 154 valence electrons. The first-order valence-electron chi connectivity index (χ1n) is 10.0. The van der Waals surface area contributed by atoms with E-state index in [1.165, 1.54) is 0 Å². The monoisotopic (exact) mass is 396 g/mol. The fourth-order valence-electron chi connectivity index (χ4n) is 4.01. The molecule has 7 heteroatoms. The first-order chi connectivity index (χ1) is 14.2. The molecule has 0 saturated carbocycles. The van der Waals surface area contributed by atoms with Crippen LogP contribution in [0.4, 0.5) is 5.69 Å². The van der Waals surface area contributed by atoms with Gasteiger partial charge in [-0.2, -0.15) is 0 Å². The molecule has 2 aliphatic heterocycles. The average molecular weight is 396 g/mol. The third-order valence-corrected chi connectivity index (χ3v) is 5.71. The van der Waals surface area contributed by atoms with Crippen LogP contribution in [-0.2, 0) is 4.79 Å². The lowest BCUT2D eigenvalue weighted by atomic mass is 10.0. The molecule has 0 bridgehead atoms. The first kappa shape index (κ1) is 19.5. The van der Waals surface area contributed by atoms with Gasteiger partial charge in [-0.1, -0.05) is 18.2 Å². The molecule has 0 spiro atoms. The van der Waals surface area contributed by atoms with Crippen LogP contribution in [0.5, 0.6) is 11.5 Å². The van der Waals surface area contributed by atoms with Crippen LogP contribution in [0.15, 0.2) is 48.5 Å². The van der Waals surface area contributed by atoms with Gasteiger partial charge in [0.2, 0.25) is 5.91 Å². The van der Waals surface area contributed by atoms with E-state index in [4.69, 9.17) is 9.47 Å². The van der Waals surface area contributed by atoms with Gasteiger partial charge in [-0.15, -0.1) is 0 Å². The van der Waals surface area contributed by atoms with Crippen LogP contribution in [-0.4, -0.2) is 57.2 Å². The Morgan fingerprint density at radius 3 is 2.34 bits per heavy atom. The molecule has 2 fully saturated rings. The molecule has 29 heavy (non-hydrogen) atoms. The minimum atomic E-state index is -0.213. The highest BCUT2D eigenvalue weighted by atomic mass is 16.5. The Hall–Kier alpha value is -2.77. The number of hydrazine groups is 1. The number of hydrogen-bond acceptors (Lipinski definition) is 6. The highest BCUT2D eigenvalue weighted by Gasteiger charge is 2.34. The maximum Gasteiger partial charge on any atom is 0.241 e. The summed E-state index contributed by atoms with van der Waals surface area (Å²) in [5, 5.41) is 0. The number of hydrogen-bond donors (Lipinski definition) is 2. The topological polar surface area (TPSA) is 66.1 Å². The van der Waals surface area contributed by atoms with Crippen LogP contribution in [0, 0.1) is 0 Å². The smallest absolute Gasteiger partial charge is 0.241 e. The molecule has 7 nitrogen and oxygen atoms in total. The Bertz CT molecular complexity index is 851. The van der Waals surface area contributed by atoms with Crippen LogP contribution < -0.4 is 25.2 Å². The summed E-state index contributed by atoms with van der Waals surface area (Å²) in [6, 6.07) is 15.9. The molecular formula is C22H28N4O3. The summed E-state index contributed by atoms with van der Waals surface area (Å²) in [5.74, 6) is 1.84. The molecule has 2 aliphatic rings. The van der Waals surface area contributed by atoms with E-state index in [0.29, 0.717) is 0 Å². The number of nitrogens with zero attached hydrogens (tertiary/aromatic N) is 2. The van der Waals surface area contributed by atoms with E-state index in [0.717, 1.165) is 55.3 Å². The van der Waals surface area contributed by atoms with Crippen molar-refractivity contribution in [2.45, 2.75) is 18.5 Å². The summed E-state index contributed by atoms with van der Waals surface area (Å²) >= 11 is 0. The number of nitrogens with one attached hydrogen (secondary N) is 2. The number of methoxy groups -OCH3 is 2. The maximum absolute atomic E-state index is 13.0. The molecular weight excluding hydrogens is 368 g/mol. The number of rotatable bonds is 5. The summed E-state index contributed by atoms with van der Waals surface area (Å²) in [4.78, 5) is 17.3. The Kier molecular flexibility index (Phi) is 5.87. The quantitative estimate of drug-likeness (QED) is 0.806. The van der Waals surface area contributed by atoms with E-state index in [-0.39, 0.29) is 18.0 Å². The van der Waals surface area contributed by atoms with Gasteiger partial charge in [0.05, 0.1) is 14.2 Å². The SMILES string of the molecule is COc1cccc(C2CC(C(=O)N3CCN(c4cccc(OC)c4)CC3)NN2)c1. The number of ether oxygens (including phenoxy) is 2. The van der Waals surface area contributed by atoms with E-state index in [1.54, 1.807) is 14.2 Å². The van der Waals surface area contributed by atoms with Gasteiger partial charge < -0.3 is 19.3 Å². The summed E-state index contributed by atoms with van der Waals surface area (Å²) < 4.78 is 10.6. The third-order valence-electron chi connectivity index (χ3n) is 5.71. The zero-order valence-electron chi connectivity index (χ0n) is 16.9. The van der Waals surface area contributed by atoms with E-state index in [1.807, 2.05) is 41.3 Å². The molecule has 2 saturated heterocycles. The fourth-order valence-corrected chi connectivity index (χ4v) is 4.01. The van der Waals surface area contributed by atoms with Crippen molar-refractivity contribution in [3.8, 4) is 11.5 Å². The van der Waals surface area contributed by atoms with Crippen molar-refractivity contribution in [2.75, 3.05) is 45.3 Å². The number of piperazine rings is 1. The molecule has 2 N–H and O–H groups in total. The summed E-state index contributed by atoms with van der Waals surface area (Å²) in [6.45, 7) is 3.08. The van der Waals surface area contributed by atoms with E-state index in [9.17, 15) is 4.79 Å². The third kappa shape index (κ3) is 4.31. The van der Waals surface area contributed by atoms with E-state index in [2.05, 4.69) is 27.9 Å². The first-order valence-corrected chi connectivity index (χ1v) is 10.0. The summed E-state index contributed by atoms with van der Waals surface area (Å²) in [6.07, 6.45) is 0.724. The van der Waals surface area contributed by atoms with Crippen LogP contribution in [0.25, 0.3) is 0 Å². The van der Waals surface area contributed by atoms with Crippen LogP contribution >= 0.6 is 0 Å². The molecule has 4 rings (SSSR count). The minimum absolute atomic E-state index is 0.0946. The van der Waals surface area contributed by atoms with Crippen molar-refractivity contribution in [1.29, 1.82) is 0 Å².